The van der Waals surface area contributed by atoms with Crippen LogP contribution in [0.5, 0.6) is 0 Å². The lowest BCUT2D eigenvalue weighted by atomic mass is 10.2. The van der Waals surface area contributed by atoms with Gasteiger partial charge in [-0.25, -0.2) is 0 Å². The van der Waals surface area contributed by atoms with Crippen molar-refractivity contribution >= 4 is 11.6 Å². The standard InChI is InChI=1S/C14H20N4O/c1-3-5-6-17-13-8-12(9-16-10-13)14(18-11-15)19-7-4-2/h8-10,17H,3-7H2,1-2H3. The zero-order chi connectivity index (χ0) is 13.9. The predicted molar refractivity (Wildman–Crippen MR) is 76.0 cm³/mol. The smallest absolute Gasteiger partial charge is 0.233 e. The molecule has 5 nitrogen and oxygen atoms in total. The van der Waals surface area contributed by atoms with Crippen LogP contribution in [0.15, 0.2) is 23.5 Å². The number of aliphatic imine (C=N–C) groups is 1. The number of nitriles is 1. The molecular formula is C14H20N4O. The molecule has 5 heteroatoms. The van der Waals surface area contributed by atoms with E-state index >= 15 is 0 Å². The molecule has 0 fully saturated rings. The topological polar surface area (TPSA) is 70.3 Å². The van der Waals surface area contributed by atoms with Crippen LogP contribution < -0.4 is 5.32 Å². The van der Waals surface area contributed by atoms with Crippen LogP contribution in [0.25, 0.3) is 0 Å². The molecule has 0 bridgehead atoms. The second kappa shape index (κ2) is 8.92. The average molecular weight is 260 g/mol. The summed E-state index contributed by atoms with van der Waals surface area (Å²) in [6.45, 7) is 5.59. The molecule has 0 spiro atoms. The van der Waals surface area contributed by atoms with Crippen molar-refractivity contribution in [1.82, 2.24) is 4.98 Å². The van der Waals surface area contributed by atoms with Crippen molar-refractivity contribution < 1.29 is 4.74 Å². The molecule has 0 amide bonds. The Balaban J connectivity index is 2.77. The van der Waals surface area contributed by atoms with Crippen molar-refractivity contribution in [3.63, 3.8) is 0 Å². The molecule has 0 saturated heterocycles. The first-order chi connectivity index (χ1) is 9.31. The molecule has 0 aliphatic rings. The Kier molecular flexibility index (Phi) is 7.03. The van der Waals surface area contributed by atoms with Crippen molar-refractivity contribution in [2.75, 3.05) is 18.5 Å². The van der Waals surface area contributed by atoms with E-state index in [4.69, 9.17) is 10.00 Å². The van der Waals surface area contributed by atoms with Crippen LogP contribution in [0.1, 0.15) is 38.7 Å². The Morgan fingerprint density at radius 1 is 1.42 bits per heavy atom. The van der Waals surface area contributed by atoms with Gasteiger partial charge in [-0.2, -0.15) is 5.26 Å². The predicted octanol–water partition coefficient (Wildman–Crippen LogP) is 2.95. The molecule has 0 aliphatic carbocycles. The first-order valence-electron chi connectivity index (χ1n) is 6.60. The van der Waals surface area contributed by atoms with Gasteiger partial charge in [0.05, 0.1) is 17.9 Å². The van der Waals surface area contributed by atoms with Crippen LogP contribution in [0.4, 0.5) is 5.69 Å². The van der Waals surface area contributed by atoms with Crippen LogP contribution in [0.2, 0.25) is 0 Å². The van der Waals surface area contributed by atoms with Gasteiger partial charge in [0, 0.05) is 18.9 Å². The Morgan fingerprint density at radius 3 is 2.95 bits per heavy atom. The third-order valence-electron chi connectivity index (χ3n) is 2.44. The molecule has 0 atom stereocenters. The SMILES string of the molecule is CCCCNc1cncc(C(=NC#N)OCCC)c1. The number of hydrogen-bond acceptors (Lipinski definition) is 5. The minimum Gasteiger partial charge on any atom is -0.477 e. The summed E-state index contributed by atoms with van der Waals surface area (Å²) in [7, 11) is 0. The first-order valence-corrected chi connectivity index (χ1v) is 6.60. The number of ether oxygens (including phenoxy) is 1. The first kappa shape index (κ1) is 15.0. The van der Waals surface area contributed by atoms with Crippen molar-refractivity contribution in [3.05, 3.63) is 24.0 Å². The van der Waals surface area contributed by atoms with E-state index in [0.29, 0.717) is 12.5 Å². The van der Waals surface area contributed by atoms with Crippen molar-refractivity contribution in [2.45, 2.75) is 33.1 Å². The third-order valence-corrected chi connectivity index (χ3v) is 2.44. The molecule has 19 heavy (non-hydrogen) atoms. The van der Waals surface area contributed by atoms with E-state index < -0.39 is 0 Å². The molecule has 1 N–H and O–H groups in total. The summed E-state index contributed by atoms with van der Waals surface area (Å²) in [5.74, 6) is 0.330. The lowest BCUT2D eigenvalue weighted by Crippen LogP contribution is -2.09. The molecule has 0 aromatic carbocycles. The summed E-state index contributed by atoms with van der Waals surface area (Å²) in [6.07, 6.45) is 8.28. The van der Waals surface area contributed by atoms with E-state index in [2.05, 4.69) is 22.2 Å². The molecule has 1 rings (SSSR count). The summed E-state index contributed by atoms with van der Waals surface area (Å²) >= 11 is 0. The average Bonchev–Trinajstić information content (AvgIpc) is 2.44. The van der Waals surface area contributed by atoms with Gasteiger partial charge in [-0.15, -0.1) is 4.99 Å². The van der Waals surface area contributed by atoms with Crippen molar-refractivity contribution in [1.29, 1.82) is 5.26 Å². The van der Waals surface area contributed by atoms with Crippen LogP contribution in [0, 0.1) is 11.5 Å². The van der Waals surface area contributed by atoms with E-state index in [1.165, 1.54) is 0 Å². The Labute approximate surface area is 114 Å². The van der Waals surface area contributed by atoms with Crippen molar-refractivity contribution in [2.24, 2.45) is 4.99 Å². The lowest BCUT2D eigenvalue weighted by molar-refractivity contribution is 0.306. The molecule has 0 saturated carbocycles. The Morgan fingerprint density at radius 2 is 2.26 bits per heavy atom. The van der Waals surface area contributed by atoms with Crippen LogP contribution in [0.3, 0.4) is 0 Å². The van der Waals surface area contributed by atoms with E-state index in [0.717, 1.165) is 37.1 Å². The number of pyridine rings is 1. The van der Waals surface area contributed by atoms with E-state index in [9.17, 15) is 0 Å². The number of aromatic nitrogens is 1. The molecular weight excluding hydrogens is 240 g/mol. The second-order valence-electron chi connectivity index (χ2n) is 4.11. The maximum atomic E-state index is 8.69. The zero-order valence-electron chi connectivity index (χ0n) is 11.5. The van der Waals surface area contributed by atoms with Gasteiger partial charge in [0.15, 0.2) is 0 Å². The zero-order valence-corrected chi connectivity index (χ0v) is 11.5. The van der Waals surface area contributed by atoms with E-state index in [1.807, 2.05) is 13.0 Å². The summed E-state index contributed by atoms with van der Waals surface area (Å²) in [6, 6.07) is 1.90. The van der Waals surface area contributed by atoms with Gasteiger partial charge in [0.2, 0.25) is 12.1 Å². The summed E-state index contributed by atoms with van der Waals surface area (Å²) < 4.78 is 5.46. The number of rotatable bonds is 7. The molecule has 0 aliphatic heterocycles. The quantitative estimate of drug-likeness (QED) is 0.354. The Bertz CT molecular complexity index is 451. The largest absolute Gasteiger partial charge is 0.477 e. The number of anilines is 1. The van der Waals surface area contributed by atoms with Gasteiger partial charge in [-0.3, -0.25) is 4.98 Å². The highest BCUT2D eigenvalue weighted by atomic mass is 16.5. The fourth-order valence-corrected chi connectivity index (χ4v) is 1.49. The van der Waals surface area contributed by atoms with Crippen molar-refractivity contribution in [3.8, 4) is 6.19 Å². The maximum Gasteiger partial charge on any atom is 0.233 e. The minimum absolute atomic E-state index is 0.330. The minimum atomic E-state index is 0.330. The monoisotopic (exact) mass is 260 g/mol. The fourth-order valence-electron chi connectivity index (χ4n) is 1.49. The Hall–Kier alpha value is -2.09. The van der Waals surface area contributed by atoms with Gasteiger partial charge in [0.25, 0.3) is 0 Å². The molecule has 1 heterocycles. The fraction of sp³-hybridized carbons (Fsp3) is 0.500. The van der Waals surface area contributed by atoms with Gasteiger partial charge >= 0.3 is 0 Å². The highest BCUT2D eigenvalue weighted by molar-refractivity contribution is 5.95. The second-order valence-corrected chi connectivity index (χ2v) is 4.11. The third kappa shape index (κ3) is 5.38. The van der Waals surface area contributed by atoms with E-state index in [-0.39, 0.29) is 0 Å². The summed E-state index contributed by atoms with van der Waals surface area (Å²) in [4.78, 5) is 7.84. The number of nitrogens with one attached hydrogen (secondary N) is 1. The summed E-state index contributed by atoms with van der Waals surface area (Å²) in [5.41, 5.74) is 1.63. The number of hydrogen-bond donors (Lipinski definition) is 1. The van der Waals surface area contributed by atoms with Gasteiger partial charge in [-0.05, 0) is 18.9 Å². The summed E-state index contributed by atoms with van der Waals surface area (Å²) in [5, 5.41) is 12.0. The molecule has 0 unspecified atom stereocenters. The number of nitrogens with zero attached hydrogens (tertiary/aromatic N) is 3. The molecule has 1 aromatic rings. The molecule has 1 aromatic heterocycles. The van der Waals surface area contributed by atoms with Gasteiger partial charge in [0.1, 0.15) is 0 Å². The van der Waals surface area contributed by atoms with E-state index in [1.54, 1.807) is 18.6 Å². The molecule has 102 valence electrons. The maximum absolute atomic E-state index is 8.69. The van der Waals surface area contributed by atoms with Gasteiger partial charge in [-0.1, -0.05) is 20.3 Å². The van der Waals surface area contributed by atoms with Crippen LogP contribution >= 0.6 is 0 Å². The normalized spacial score (nSPS) is 10.9. The number of unbranched alkanes of at least 4 members (excludes halogenated alkanes) is 1. The lowest BCUT2D eigenvalue weighted by Gasteiger charge is -2.09. The highest BCUT2D eigenvalue weighted by Gasteiger charge is 2.06. The van der Waals surface area contributed by atoms with Gasteiger partial charge < -0.3 is 10.1 Å². The van der Waals surface area contributed by atoms with Crippen LogP contribution in [-0.4, -0.2) is 24.0 Å². The molecule has 0 radical (unpaired) electrons. The highest BCUT2D eigenvalue weighted by Crippen LogP contribution is 2.11. The van der Waals surface area contributed by atoms with Crippen LogP contribution in [-0.2, 0) is 4.74 Å².